The molecule has 3 aromatic rings. The van der Waals surface area contributed by atoms with Crippen LogP contribution in [0.25, 0.3) is 17.0 Å². The topological polar surface area (TPSA) is 74.7 Å². The highest BCUT2D eigenvalue weighted by molar-refractivity contribution is 6.31. The highest BCUT2D eigenvalue weighted by Crippen LogP contribution is 2.29. The van der Waals surface area contributed by atoms with Crippen LogP contribution in [0.1, 0.15) is 21.5 Å². The molecule has 0 amide bonds. The molecule has 1 heterocycles. The highest BCUT2D eigenvalue weighted by atomic mass is 35.5. The molecule has 29 heavy (non-hydrogen) atoms. The number of nitrogens with zero attached hydrogens (tertiary/aromatic N) is 1. The van der Waals surface area contributed by atoms with Gasteiger partial charge in [0.25, 0.3) is 0 Å². The fraction of sp³-hybridized carbons (Fsp3) is 0.136. The minimum Gasteiger partial charge on any atom is -0.480 e. The molecule has 0 aliphatic heterocycles. The van der Waals surface area contributed by atoms with Crippen molar-refractivity contribution in [1.29, 1.82) is 0 Å². The van der Waals surface area contributed by atoms with Crippen LogP contribution in [0.3, 0.4) is 0 Å². The van der Waals surface area contributed by atoms with Crippen molar-refractivity contribution < 1.29 is 23.8 Å². The maximum absolute atomic E-state index is 12.1. The SMILES string of the molecule is COC(=O)c1cc2cc(Cl)cc(/C=C\C(=O)OCc3ccccc3)c2nc1OC. The fourth-order valence-corrected chi connectivity index (χ4v) is 2.97. The molecule has 0 radical (unpaired) electrons. The Kier molecular flexibility index (Phi) is 6.46. The molecule has 148 valence electrons. The van der Waals surface area contributed by atoms with E-state index < -0.39 is 11.9 Å². The smallest absolute Gasteiger partial charge is 0.343 e. The Hall–Kier alpha value is -3.38. The lowest BCUT2D eigenvalue weighted by atomic mass is 10.1. The fourth-order valence-electron chi connectivity index (χ4n) is 2.73. The highest BCUT2D eigenvalue weighted by Gasteiger charge is 2.17. The second-order valence-corrected chi connectivity index (χ2v) is 6.47. The van der Waals surface area contributed by atoms with Crippen molar-refractivity contribution >= 4 is 40.5 Å². The van der Waals surface area contributed by atoms with E-state index in [1.54, 1.807) is 24.3 Å². The Labute approximate surface area is 172 Å². The Morgan fingerprint density at radius 1 is 1.10 bits per heavy atom. The van der Waals surface area contributed by atoms with Crippen LogP contribution >= 0.6 is 11.6 Å². The normalized spacial score (nSPS) is 10.9. The van der Waals surface area contributed by atoms with Crippen LogP contribution in [0.4, 0.5) is 0 Å². The van der Waals surface area contributed by atoms with Crippen LogP contribution in [-0.2, 0) is 20.9 Å². The van der Waals surface area contributed by atoms with Gasteiger partial charge in [-0.05, 0) is 29.8 Å². The maximum atomic E-state index is 12.1. The summed E-state index contributed by atoms with van der Waals surface area (Å²) in [6, 6.07) is 14.3. The number of methoxy groups -OCH3 is 2. The molecule has 2 aromatic carbocycles. The zero-order valence-electron chi connectivity index (χ0n) is 15.8. The molecule has 1 aromatic heterocycles. The summed E-state index contributed by atoms with van der Waals surface area (Å²) in [4.78, 5) is 28.4. The predicted octanol–water partition coefficient (Wildman–Crippen LogP) is 4.44. The van der Waals surface area contributed by atoms with Gasteiger partial charge in [-0.2, -0.15) is 0 Å². The molecule has 0 spiro atoms. The van der Waals surface area contributed by atoms with Crippen LogP contribution in [0, 0.1) is 0 Å². The number of esters is 2. The lowest BCUT2D eigenvalue weighted by molar-refractivity contribution is -0.138. The molecule has 0 atom stereocenters. The number of carbonyl (C=O) groups is 2. The number of pyridine rings is 1. The van der Waals surface area contributed by atoms with Crippen molar-refractivity contribution in [2.24, 2.45) is 0 Å². The standard InChI is InChI=1S/C22H18ClNO5/c1-27-21-18(22(26)28-2)12-16-11-17(23)10-15(20(16)24-21)8-9-19(25)29-13-14-6-4-3-5-7-14/h3-12H,13H2,1-2H3/b9-8-. The predicted molar refractivity (Wildman–Crippen MR) is 110 cm³/mol. The van der Waals surface area contributed by atoms with Crippen molar-refractivity contribution in [1.82, 2.24) is 4.98 Å². The molecular formula is C22H18ClNO5. The Morgan fingerprint density at radius 3 is 2.55 bits per heavy atom. The van der Waals surface area contributed by atoms with Gasteiger partial charge in [-0.1, -0.05) is 41.9 Å². The third-order valence-corrected chi connectivity index (χ3v) is 4.32. The molecule has 0 aliphatic rings. The van der Waals surface area contributed by atoms with Gasteiger partial charge in [-0.25, -0.2) is 14.6 Å². The van der Waals surface area contributed by atoms with E-state index in [-0.39, 0.29) is 18.1 Å². The van der Waals surface area contributed by atoms with Crippen LogP contribution in [0.15, 0.2) is 54.6 Å². The third-order valence-electron chi connectivity index (χ3n) is 4.10. The van der Waals surface area contributed by atoms with Crippen molar-refractivity contribution in [3.63, 3.8) is 0 Å². The van der Waals surface area contributed by atoms with Gasteiger partial charge < -0.3 is 14.2 Å². The minimum absolute atomic E-state index is 0.118. The number of aromatic nitrogens is 1. The molecule has 3 rings (SSSR count). The van der Waals surface area contributed by atoms with Crippen molar-refractivity contribution in [2.75, 3.05) is 14.2 Å². The van der Waals surface area contributed by atoms with E-state index in [4.69, 9.17) is 25.8 Å². The van der Waals surface area contributed by atoms with Crippen molar-refractivity contribution in [3.8, 4) is 5.88 Å². The molecule has 0 unspecified atom stereocenters. The second kappa shape index (κ2) is 9.21. The van der Waals surface area contributed by atoms with Crippen molar-refractivity contribution in [2.45, 2.75) is 6.61 Å². The average Bonchev–Trinajstić information content (AvgIpc) is 2.75. The summed E-state index contributed by atoms with van der Waals surface area (Å²) in [6.07, 6.45) is 2.86. The number of rotatable bonds is 6. The number of carbonyl (C=O) groups excluding carboxylic acids is 2. The summed E-state index contributed by atoms with van der Waals surface area (Å²) in [7, 11) is 2.69. The number of hydrogen-bond donors (Lipinski definition) is 0. The number of hydrogen-bond acceptors (Lipinski definition) is 6. The zero-order chi connectivity index (χ0) is 20.8. The average molecular weight is 412 g/mol. The van der Waals surface area contributed by atoms with Crippen LogP contribution in [-0.4, -0.2) is 31.1 Å². The second-order valence-electron chi connectivity index (χ2n) is 6.03. The van der Waals surface area contributed by atoms with Gasteiger partial charge in [0.1, 0.15) is 12.2 Å². The molecule has 6 nitrogen and oxygen atoms in total. The van der Waals surface area contributed by atoms with E-state index in [1.807, 2.05) is 30.3 Å². The Balaban J connectivity index is 1.89. The quantitative estimate of drug-likeness (QED) is 0.441. The van der Waals surface area contributed by atoms with Crippen LogP contribution in [0.5, 0.6) is 5.88 Å². The molecule has 0 bridgehead atoms. The van der Waals surface area contributed by atoms with E-state index in [0.717, 1.165) is 5.56 Å². The summed E-state index contributed by atoms with van der Waals surface area (Å²) >= 11 is 6.19. The zero-order valence-corrected chi connectivity index (χ0v) is 16.6. The largest absolute Gasteiger partial charge is 0.480 e. The summed E-state index contributed by atoms with van der Waals surface area (Å²) in [5, 5.41) is 1.04. The van der Waals surface area contributed by atoms with E-state index in [0.29, 0.717) is 21.5 Å². The van der Waals surface area contributed by atoms with Crippen LogP contribution in [0.2, 0.25) is 5.02 Å². The van der Waals surface area contributed by atoms with Gasteiger partial charge in [-0.3, -0.25) is 0 Å². The number of benzene rings is 2. The van der Waals surface area contributed by atoms with E-state index in [2.05, 4.69) is 4.98 Å². The third kappa shape index (κ3) is 4.92. The van der Waals surface area contributed by atoms with Gasteiger partial charge in [0, 0.05) is 22.0 Å². The lowest BCUT2D eigenvalue weighted by Gasteiger charge is -2.10. The monoisotopic (exact) mass is 411 g/mol. The summed E-state index contributed by atoms with van der Waals surface area (Å²) in [6.45, 7) is 0.175. The Bertz CT molecular complexity index is 1080. The van der Waals surface area contributed by atoms with Gasteiger partial charge >= 0.3 is 11.9 Å². The first-order valence-electron chi connectivity index (χ1n) is 8.67. The first-order chi connectivity index (χ1) is 14.0. The number of ether oxygens (including phenoxy) is 3. The first kappa shape index (κ1) is 20.4. The molecule has 0 saturated carbocycles. The molecule has 0 fully saturated rings. The molecular weight excluding hydrogens is 394 g/mol. The van der Waals surface area contributed by atoms with Gasteiger partial charge in [0.05, 0.1) is 19.7 Å². The lowest BCUT2D eigenvalue weighted by Crippen LogP contribution is -2.06. The summed E-state index contributed by atoms with van der Waals surface area (Å²) in [5.74, 6) is -0.953. The molecule has 0 aliphatic carbocycles. The molecule has 7 heteroatoms. The summed E-state index contributed by atoms with van der Waals surface area (Å²) < 4.78 is 15.2. The van der Waals surface area contributed by atoms with Gasteiger partial charge in [0.2, 0.25) is 5.88 Å². The van der Waals surface area contributed by atoms with E-state index in [1.165, 1.54) is 20.3 Å². The van der Waals surface area contributed by atoms with Gasteiger partial charge in [-0.15, -0.1) is 0 Å². The summed E-state index contributed by atoms with van der Waals surface area (Å²) in [5.41, 5.74) is 2.18. The van der Waals surface area contributed by atoms with E-state index >= 15 is 0 Å². The number of fused-ring (bicyclic) bond motifs is 1. The first-order valence-corrected chi connectivity index (χ1v) is 9.05. The van der Waals surface area contributed by atoms with E-state index in [9.17, 15) is 9.59 Å². The molecule has 0 N–H and O–H groups in total. The van der Waals surface area contributed by atoms with Crippen LogP contribution < -0.4 is 4.74 Å². The minimum atomic E-state index is -0.571. The number of halogens is 1. The van der Waals surface area contributed by atoms with Crippen molar-refractivity contribution in [3.05, 3.63) is 76.3 Å². The Morgan fingerprint density at radius 2 is 1.86 bits per heavy atom. The maximum Gasteiger partial charge on any atom is 0.343 e. The molecule has 0 saturated heterocycles. The van der Waals surface area contributed by atoms with Gasteiger partial charge in [0.15, 0.2) is 0 Å².